The maximum absolute atomic E-state index is 12.9. The zero-order valence-electron chi connectivity index (χ0n) is 9.64. The van der Waals surface area contributed by atoms with Crippen LogP contribution >= 0.6 is 11.6 Å². The van der Waals surface area contributed by atoms with Gasteiger partial charge < -0.3 is 4.90 Å². The largest absolute Gasteiger partial charge is 0.463 e. The SMILES string of the molecule is O=C(CCl)CC1CCCN1C(=O)C(F)(F)C(F)(F)F. The van der Waals surface area contributed by atoms with Crippen molar-refractivity contribution in [3.05, 3.63) is 0 Å². The van der Waals surface area contributed by atoms with Crippen molar-refractivity contribution in [3.8, 4) is 0 Å². The van der Waals surface area contributed by atoms with Crippen molar-refractivity contribution in [2.75, 3.05) is 12.4 Å². The van der Waals surface area contributed by atoms with Gasteiger partial charge in [-0.25, -0.2) is 0 Å². The summed E-state index contributed by atoms with van der Waals surface area (Å²) in [5.41, 5.74) is 0. The van der Waals surface area contributed by atoms with E-state index in [1.165, 1.54) is 0 Å². The molecule has 1 aliphatic heterocycles. The summed E-state index contributed by atoms with van der Waals surface area (Å²) in [5, 5.41) is 0. The van der Waals surface area contributed by atoms with Gasteiger partial charge in [-0.3, -0.25) is 9.59 Å². The van der Waals surface area contributed by atoms with Crippen LogP contribution in [0.5, 0.6) is 0 Å². The maximum Gasteiger partial charge on any atom is 0.463 e. The van der Waals surface area contributed by atoms with Gasteiger partial charge in [-0.1, -0.05) is 0 Å². The zero-order chi connectivity index (χ0) is 14.8. The Hall–Kier alpha value is -0.920. The molecule has 0 radical (unpaired) electrons. The molecule has 0 aromatic heterocycles. The molecule has 19 heavy (non-hydrogen) atoms. The van der Waals surface area contributed by atoms with E-state index in [4.69, 9.17) is 11.6 Å². The predicted molar refractivity (Wildman–Crippen MR) is 56.1 cm³/mol. The van der Waals surface area contributed by atoms with E-state index in [0.29, 0.717) is 4.90 Å². The number of carbonyl (C=O) groups excluding carboxylic acids is 2. The van der Waals surface area contributed by atoms with Crippen LogP contribution in [0.1, 0.15) is 19.3 Å². The lowest BCUT2D eigenvalue weighted by molar-refractivity contribution is -0.274. The van der Waals surface area contributed by atoms with E-state index < -0.39 is 29.8 Å². The summed E-state index contributed by atoms with van der Waals surface area (Å²) in [5.74, 6) is -8.60. The minimum absolute atomic E-state index is 0.211. The molecule has 0 aromatic carbocycles. The maximum atomic E-state index is 12.9. The third kappa shape index (κ3) is 3.34. The van der Waals surface area contributed by atoms with Crippen molar-refractivity contribution in [1.82, 2.24) is 4.90 Å². The van der Waals surface area contributed by atoms with E-state index in [0.717, 1.165) is 0 Å². The van der Waals surface area contributed by atoms with Crippen molar-refractivity contribution in [2.45, 2.75) is 37.4 Å². The van der Waals surface area contributed by atoms with E-state index in [9.17, 15) is 31.5 Å². The molecule has 0 spiro atoms. The summed E-state index contributed by atoms with van der Waals surface area (Å²) >= 11 is 5.24. The number of carbonyl (C=O) groups is 2. The highest BCUT2D eigenvalue weighted by Crippen LogP contribution is 2.38. The fourth-order valence-corrected chi connectivity index (χ4v) is 2.04. The molecule has 1 amide bonds. The number of Topliss-reactive ketones (excluding diaryl/α,β-unsaturated/α-hetero) is 1. The van der Waals surface area contributed by atoms with Gasteiger partial charge in [-0.2, -0.15) is 22.0 Å². The average Bonchev–Trinajstić information content (AvgIpc) is 2.74. The van der Waals surface area contributed by atoms with Gasteiger partial charge in [0.25, 0.3) is 0 Å². The van der Waals surface area contributed by atoms with Crippen molar-refractivity contribution in [1.29, 1.82) is 0 Å². The molecular weight excluding hydrogens is 297 g/mol. The predicted octanol–water partition coefficient (Wildman–Crippen LogP) is 2.37. The van der Waals surface area contributed by atoms with Crippen LogP contribution in [0, 0.1) is 0 Å². The highest BCUT2D eigenvalue weighted by molar-refractivity contribution is 6.27. The first-order valence-electron chi connectivity index (χ1n) is 5.44. The Morgan fingerprint density at radius 1 is 1.21 bits per heavy atom. The number of amides is 1. The minimum Gasteiger partial charge on any atom is -0.334 e. The van der Waals surface area contributed by atoms with Gasteiger partial charge in [0, 0.05) is 19.0 Å². The summed E-state index contributed by atoms with van der Waals surface area (Å²) in [6.45, 7) is -0.218. The fraction of sp³-hybridized carbons (Fsp3) is 0.800. The molecule has 1 atom stereocenters. The molecule has 3 nitrogen and oxygen atoms in total. The Kier molecular flexibility index (Phi) is 4.76. The third-order valence-electron chi connectivity index (χ3n) is 2.87. The molecule has 1 fully saturated rings. The molecule has 1 aliphatic rings. The molecule has 0 bridgehead atoms. The molecule has 0 saturated carbocycles. The van der Waals surface area contributed by atoms with E-state index in [1.54, 1.807) is 0 Å². The van der Waals surface area contributed by atoms with E-state index in [2.05, 4.69) is 0 Å². The molecular formula is C10H11ClF5NO2. The molecule has 9 heteroatoms. The first-order chi connectivity index (χ1) is 8.61. The Morgan fingerprint density at radius 2 is 1.79 bits per heavy atom. The first-order valence-corrected chi connectivity index (χ1v) is 5.98. The molecule has 110 valence electrons. The second-order valence-corrected chi connectivity index (χ2v) is 4.51. The first kappa shape index (κ1) is 16.1. The third-order valence-corrected chi connectivity index (χ3v) is 3.17. The van der Waals surface area contributed by atoms with Crippen LogP contribution in [-0.4, -0.2) is 47.2 Å². The zero-order valence-corrected chi connectivity index (χ0v) is 10.4. The van der Waals surface area contributed by atoms with Crippen molar-refractivity contribution in [2.24, 2.45) is 0 Å². The number of halogens is 6. The van der Waals surface area contributed by atoms with Crippen LogP contribution in [0.15, 0.2) is 0 Å². The van der Waals surface area contributed by atoms with Gasteiger partial charge in [0.1, 0.15) is 5.78 Å². The number of likely N-dealkylation sites (tertiary alicyclic amines) is 1. The van der Waals surface area contributed by atoms with Gasteiger partial charge in [0.05, 0.1) is 5.88 Å². The molecule has 1 heterocycles. The summed E-state index contributed by atoms with van der Waals surface area (Å²) < 4.78 is 62.2. The van der Waals surface area contributed by atoms with Crippen molar-refractivity contribution < 1.29 is 31.5 Å². The second-order valence-electron chi connectivity index (χ2n) is 4.24. The topological polar surface area (TPSA) is 37.4 Å². The Balaban J connectivity index is 2.84. The van der Waals surface area contributed by atoms with Crippen LogP contribution < -0.4 is 0 Å². The molecule has 0 N–H and O–H groups in total. The summed E-state index contributed by atoms with van der Waals surface area (Å²) in [4.78, 5) is 22.8. The molecule has 1 saturated heterocycles. The number of ketones is 1. The summed E-state index contributed by atoms with van der Waals surface area (Å²) in [6, 6.07) is -0.938. The highest BCUT2D eigenvalue weighted by Gasteiger charge is 2.65. The summed E-state index contributed by atoms with van der Waals surface area (Å²) in [6.07, 6.45) is -5.75. The monoisotopic (exact) mass is 307 g/mol. The lowest BCUT2D eigenvalue weighted by atomic mass is 10.1. The van der Waals surface area contributed by atoms with Crippen molar-refractivity contribution in [3.63, 3.8) is 0 Å². The van der Waals surface area contributed by atoms with Crippen LogP contribution in [-0.2, 0) is 9.59 Å². The van der Waals surface area contributed by atoms with Gasteiger partial charge in [-0.05, 0) is 12.8 Å². The average molecular weight is 308 g/mol. The Morgan fingerprint density at radius 3 is 2.26 bits per heavy atom. The van der Waals surface area contributed by atoms with Gasteiger partial charge >= 0.3 is 18.0 Å². The fourth-order valence-electron chi connectivity index (χ4n) is 1.93. The Labute approximate surface area is 110 Å². The molecule has 0 aromatic rings. The number of rotatable bonds is 4. The quantitative estimate of drug-likeness (QED) is 0.591. The standard InChI is InChI=1S/C10H11ClF5NO2/c11-5-7(18)4-6-2-1-3-17(6)8(19)9(12,13)10(14,15)16/h6H,1-5H2. The second kappa shape index (κ2) is 5.60. The number of nitrogens with zero attached hydrogens (tertiary/aromatic N) is 1. The lowest BCUT2D eigenvalue weighted by Gasteiger charge is -2.29. The number of hydrogen-bond donors (Lipinski definition) is 0. The van der Waals surface area contributed by atoms with E-state index in [-0.39, 0.29) is 31.7 Å². The van der Waals surface area contributed by atoms with Gasteiger partial charge in [0.2, 0.25) is 0 Å². The molecule has 1 rings (SSSR count). The van der Waals surface area contributed by atoms with Crippen molar-refractivity contribution >= 4 is 23.3 Å². The normalized spacial score (nSPS) is 20.7. The molecule has 1 unspecified atom stereocenters. The minimum atomic E-state index is -5.94. The van der Waals surface area contributed by atoms with Crippen LogP contribution in [0.4, 0.5) is 22.0 Å². The van der Waals surface area contributed by atoms with Gasteiger partial charge in [-0.15, -0.1) is 11.6 Å². The number of alkyl halides is 6. The Bertz CT molecular complexity index is 371. The lowest BCUT2D eigenvalue weighted by Crippen LogP contribution is -2.53. The van der Waals surface area contributed by atoms with Gasteiger partial charge in [0.15, 0.2) is 0 Å². The smallest absolute Gasteiger partial charge is 0.334 e. The summed E-state index contributed by atoms with van der Waals surface area (Å²) in [7, 11) is 0. The highest BCUT2D eigenvalue weighted by atomic mass is 35.5. The van der Waals surface area contributed by atoms with E-state index >= 15 is 0 Å². The van der Waals surface area contributed by atoms with Crippen LogP contribution in [0.2, 0.25) is 0 Å². The number of hydrogen-bond acceptors (Lipinski definition) is 2. The molecule has 0 aliphatic carbocycles. The van der Waals surface area contributed by atoms with Crippen LogP contribution in [0.25, 0.3) is 0 Å². The van der Waals surface area contributed by atoms with E-state index in [1.807, 2.05) is 0 Å². The van der Waals surface area contributed by atoms with Crippen LogP contribution in [0.3, 0.4) is 0 Å².